The molecule has 0 spiro atoms. The van der Waals surface area contributed by atoms with Crippen molar-refractivity contribution in [3.8, 4) is 0 Å². The van der Waals surface area contributed by atoms with Crippen molar-refractivity contribution in [2.45, 2.75) is 52.5 Å². The van der Waals surface area contributed by atoms with Gasteiger partial charge < -0.3 is 4.90 Å². The number of rotatable bonds is 7. The van der Waals surface area contributed by atoms with Crippen LogP contribution < -0.4 is 0 Å². The topological polar surface area (TPSA) is 6.48 Å². The summed E-state index contributed by atoms with van der Waals surface area (Å²) in [6, 6.07) is 9.81. The lowest BCUT2D eigenvalue weighted by molar-refractivity contribution is 0.0729. The Morgan fingerprint density at radius 1 is 1.10 bits per heavy atom. The molecule has 0 N–H and O–H groups in total. The quantitative estimate of drug-likeness (QED) is 0.754. The minimum atomic E-state index is 0.785. The highest BCUT2D eigenvalue weighted by molar-refractivity contribution is 5.21. The van der Waals surface area contributed by atoms with Crippen LogP contribution in [-0.4, -0.2) is 48.6 Å². The van der Waals surface area contributed by atoms with Gasteiger partial charge in [0.2, 0.25) is 0 Å². The lowest BCUT2D eigenvalue weighted by atomic mass is 10.0. The molecule has 1 unspecified atom stereocenters. The number of aryl methyl sites for hydroxylation is 2. The third-order valence-corrected chi connectivity index (χ3v) is 4.78. The largest absolute Gasteiger partial charge is 0.301 e. The summed E-state index contributed by atoms with van der Waals surface area (Å²) in [6.07, 6.45) is 5.15. The van der Waals surface area contributed by atoms with Gasteiger partial charge in [-0.25, -0.2) is 0 Å². The van der Waals surface area contributed by atoms with Gasteiger partial charge in [-0.15, -0.1) is 0 Å². The lowest BCUT2D eigenvalue weighted by Crippen LogP contribution is -2.53. The van der Waals surface area contributed by atoms with Crippen molar-refractivity contribution >= 4 is 0 Å². The van der Waals surface area contributed by atoms with Crippen molar-refractivity contribution < 1.29 is 0 Å². The molecule has 0 amide bonds. The molecule has 0 aliphatic carbocycles. The van der Waals surface area contributed by atoms with Gasteiger partial charge in [-0.1, -0.05) is 50.1 Å². The van der Waals surface area contributed by atoms with Crippen LogP contribution in [0.3, 0.4) is 0 Å². The maximum absolute atomic E-state index is 2.68. The van der Waals surface area contributed by atoms with Crippen LogP contribution in [0.2, 0.25) is 0 Å². The lowest BCUT2D eigenvalue weighted by Gasteiger charge is -2.41. The molecule has 118 valence electrons. The van der Waals surface area contributed by atoms with E-state index in [1.165, 1.54) is 69.5 Å². The van der Waals surface area contributed by atoms with Crippen LogP contribution in [-0.2, 0) is 6.42 Å². The van der Waals surface area contributed by atoms with Crippen molar-refractivity contribution in [3.63, 3.8) is 0 Å². The summed E-state index contributed by atoms with van der Waals surface area (Å²) in [5.41, 5.74) is 2.84. The Bertz CT molecular complexity index is 399. The summed E-state index contributed by atoms with van der Waals surface area (Å²) in [4.78, 5) is 5.35. The van der Waals surface area contributed by atoms with Crippen molar-refractivity contribution in [1.29, 1.82) is 0 Å². The number of hydrogen-bond acceptors (Lipinski definition) is 2. The number of benzene rings is 1. The van der Waals surface area contributed by atoms with E-state index in [9.17, 15) is 0 Å². The molecule has 21 heavy (non-hydrogen) atoms. The summed E-state index contributed by atoms with van der Waals surface area (Å²) in [7, 11) is 0. The summed E-state index contributed by atoms with van der Waals surface area (Å²) < 4.78 is 0. The third-order valence-electron chi connectivity index (χ3n) is 4.78. The molecule has 2 heteroatoms. The Kier molecular flexibility index (Phi) is 6.72. The Morgan fingerprint density at radius 3 is 2.52 bits per heavy atom. The molecule has 1 heterocycles. The molecule has 1 aromatic rings. The predicted molar refractivity (Wildman–Crippen MR) is 91.9 cm³/mol. The minimum absolute atomic E-state index is 0.785. The number of nitrogens with zero attached hydrogens (tertiary/aromatic N) is 2. The standard InChI is InChI=1S/C19H32N2/c1-4-7-19-16-20(14-15-21(19)5-2)13-6-8-18-11-9-17(3)10-12-18/h9-12,19H,4-8,13-16H2,1-3H3. The fourth-order valence-electron chi connectivity index (χ4n) is 3.45. The van der Waals surface area contributed by atoms with Gasteiger partial charge in [0.25, 0.3) is 0 Å². The van der Waals surface area contributed by atoms with Crippen molar-refractivity contribution in [1.82, 2.24) is 9.80 Å². The average molecular weight is 288 g/mol. The SMILES string of the molecule is CCCC1CN(CCCc2ccc(C)cc2)CCN1CC. The van der Waals surface area contributed by atoms with Gasteiger partial charge in [0.05, 0.1) is 0 Å². The van der Waals surface area contributed by atoms with Gasteiger partial charge in [-0.05, 0) is 44.8 Å². The zero-order valence-electron chi connectivity index (χ0n) is 14.1. The molecule has 1 saturated heterocycles. The van der Waals surface area contributed by atoms with Gasteiger partial charge in [-0.3, -0.25) is 4.90 Å². The van der Waals surface area contributed by atoms with E-state index in [1.54, 1.807) is 0 Å². The van der Waals surface area contributed by atoms with Crippen LogP contribution in [0, 0.1) is 6.92 Å². The molecule has 2 nitrogen and oxygen atoms in total. The maximum atomic E-state index is 2.68. The zero-order chi connectivity index (χ0) is 15.1. The van der Waals surface area contributed by atoms with Gasteiger partial charge in [-0.2, -0.15) is 0 Å². The number of hydrogen-bond donors (Lipinski definition) is 0. The van der Waals surface area contributed by atoms with Crippen LogP contribution in [0.15, 0.2) is 24.3 Å². The van der Waals surface area contributed by atoms with E-state index in [0.717, 1.165) is 6.04 Å². The molecule has 1 aromatic carbocycles. The molecule has 0 saturated carbocycles. The fourth-order valence-corrected chi connectivity index (χ4v) is 3.45. The maximum Gasteiger partial charge on any atom is 0.0223 e. The summed E-state index contributed by atoms with van der Waals surface area (Å²) in [5, 5.41) is 0. The smallest absolute Gasteiger partial charge is 0.0223 e. The number of likely N-dealkylation sites (N-methyl/N-ethyl adjacent to an activating group) is 1. The third kappa shape index (κ3) is 5.12. The van der Waals surface area contributed by atoms with Crippen molar-refractivity contribution in [2.24, 2.45) is 0 Å². The number of piperazine rings is 1. The van der Waals surface area contributed by atoms with Crippen LogP contribution in [0.5, 0.6) is 0 Å². The second-order valence-electron chi connectivity index (χ2n) is 6.46. The molecular weight excluding hydrogens is 256 g/mol. The Labute approximate surface area is 131 Å². The Hall–Kier alpha value is -0.860. The highest BCUT2D eigenvalue weighted by Crippen LogP contribution is 2.15. The monoisotopic (exact) mass is 288 g/mol. The van der Waals surface area contributed by atoms with Crippen LogP contribution in [0.1, 0.15) is 44.2 Å². The van der Waals surface area contributed by atoms with Gasteiger partial charge >= 0.3 is 0 Å². The zero-order valence-corrected chi connectivity index (χ0v) is 14.1. The van der Waals surface area contributed by atoms with Gasteiger partial charge in [0, 0.05) is 25.7 Å². The van der Waals surface area contributed by atoms with E-state index in [4.69, 9.17) is 0 Å². The van der Waals surface area contributed by atoms with E-state index < -0.39 is 0 Å². The molecule has 1 aliphatic heterocycles. The van der Waals surface area contributed by atoms with Gasteiger partial charge in [0.15, 0.2) is 0 Å². The fraction of sp³-hybridized carbons (Fsp3) is 0.684. The van der Waals surface area contributed by atoms with E-state index in [1.807, 2.05) is 0 Å². The minimum Gasteiger partial charge on any atom is -0.301 e. The molecule has 0 bridgehead atoms. The normalized spacial score (nSPS) is 20.8. The van der Waals surface area contributed by atoms with E-state index in [2.05, 4.69) is 54.8 Å². The van der Waals surface area contributed by atoms with E-state index in [0.29, 0.717) is 0 Å². The molecule has 1 aliphatic rings. The average Bonchev–Trinajstić information content (AvgIpc) is 2.50. The highest BCUT2D eigenvalue weighted by atomic mass is 15.3. The van der Waals surface area contributed by atoms with Crippen molar-refractivity contribution in [2.75, 3.05) is 32.7 Å². The summed E-state index contributed by atoms with van der Waals surface area (Å²) >= 11 is 0. The van der Waals surface area contributed by atoms with Crippen molar-refractivity contribution in [3.05, 3.63) is 35.4 Å². The van der Waals surface area contributed by atoms with Gasteiger partial charge in [0.1, 0.15) is 0 Å². The molecule has 1 atom stereocenters. The van der Waals surface area contributed by atoms with Crippen LogP contribution >= 0.6 is 0 Å². The first-order valence-corrected chi connectivity index (χ1v) is 8.74. The summed E-state index contributed by atoms with van der Waals surface area (Å²) in [5.74, 6) is 0. The van der Waals surface area contributed by atoms with E-state index >= 15 is 0 Å². The van der Waals surface area contributed by atoms with Crippen LogP contribution in [0.4, 0.5) is 0 Å². The summed E-state index contributed by atoms with van der Waals surface area (Å²) in [6.45, 7) is 13.0. The van der Waals surface area contributed by atoms with Crippen LogP contribution in [0.25, 0.3) is 0 Å². The Morgan fingerprint density at radius 2 is 1.86 bits per heavy atom. The molecule has 0 aromatic heterocycles. The Balaban J connectivity index is 1.74. The second-order valence-corrected chi connectivity index (χ2v) is 6.46. The molecule has 0 radical (unpaired) electrons. The predicted octanol–water partition coefficient (Wildman–Crippen LogP) is 3.73. The first-order chi connectivity index (χ1) is 10.2. The highest BCUT2D eigenvalue weighted by Gasteiger charge is 2.24. The molecule has 2 rings (SSSR count). The second kappa shape index (κ2) is 8.55. The van der Waals surface area contributed by atoms with E-state index in [-0.39, 0.29) is 0 Å². The first-order valence-electron chi connectivity index (χ1n) is 8.74. The first kappa shape index (κ1) is 16.5. The molecule has 1 fully saturated rings. The molecular formula is C19H32N2.